The van der Waals surface area contributed by atoms with Crippen molar-refractivity contribution in [2.75, 3.05) is 11.9 Å². The van der Waals surface area contributed by atoms with Crippen LogP contribution in [0.4, 0.5) is 5.82 Å². The molecule has 0 bridgehead atoms. The highest BCUT2D eigenvalue weighted by molar-refractivity contribution is 5.76. The predicted octanol–water partition coefficient (Wildman–Crippen LogP) is -0.565. The lowest BCUT2D eigenvalue weighted by atomic mass is 10.6. The molecule has 0 spiro atoms. The van der Waals surface area contributed by atoms with Gasteiger partial charge in [0.25, 0.3) is 0 Å². The van der Waals surface area contributed by atoms with E-state index in [9.17, 15) is 4.79 Å². The van der Waals surface area contributed by atoms with Gasteiger partial charge >= 0.3 is 11.7 Å². The van der Waals surface area contributed by atoms with Crippen LogP contribution in [0, 0.1) is 0 Å². The molecule has 4 nitrogen and oxygen atoms in total. The molecule has 1 aliphatic heterocycles. The second-order valence-electron chi connectivity index (χ2n) is 2.08. The summed E-state index contributed by atoms with van der Waals surface area (Å²) < 4.78 is 1.55. The van der Waals surface area contributed by atoms with Gasteiger partial charge in [-0.2, -0.15) is 4.57 Å². The lowest BCUT2D eigenvalue weighted by Crippen LogP contribution is -2.38. The van der Waals surface area contributed by atoms with Gasteiger partial charge in [-0.05, 0) is 0 Å². The molecule has 2 rings (SSSR count). The highest BCUT2D eigenvalue weighted by Gasteiger charge is 2.25. The standard InChI is InChI=1S/C6H5N3O/c10-6-4-8-5-3-7-1-2-9(5)6/h1-3H,4H2/p+1. The largest absolute Gasteiger partial charge is 0.355 e. The van der Waals surface area contributed by atoms with Crippen molar-refractivity contribution in [1.82, 2.24) is 4.98 Å². The molecule has 2 heterocycles. The minimum atomic E-state index is 0.0670. The minimum Gasteiger partial charge on any atom is -0.261 e. The van der Waals surface area contributed by atoms with Crippen molar-refractivity contribution in [2.24, 2.45) is 0 Å². The number of hydrogen-bond acceptors (Lipinski definition) is 3. The zero-order chi connectivity index (χ0) is 6.97. The van der Waals surface area contributed by atoms with Gasteiger partial charge in [0.2, 0.25) is 0 Å². The number of nitrogens with zero attached hydrogens (tertiary/aromatic N) is 2. The molecule has 10 heavy (non-hydrogen) atoms. The van der Waals surface area contributed by atoms with Gasteiger partial charge in [0.15, 0.2) is 6.54 Å². The molecule has 1 N–H and O–H groups in total. The monoisotopic (exact) mass is 136 g/mol. The lowest BCUT2D eigenvalue weighted by Gasteiger charge is -1.86. The molecular formula is C6H6N3O+. The van der Waals surface area contributed by atoms with E-state index in [1.807, 2.05) is 0 Å². The van der Waals surface area contributed by atoms with Gasteiger partial charge in [-0.25, -0.2) is 4.79 Å². The zero-order valence-corrected chi connectivity index (χ0v) is 5.24. The van der Waals surface area contributed by atoms with Crippen molar-refractivity contribution in [3.05, 3.63) is 18.6 Å². The number of aromatic nitrogens is 2. The van der Waals surface area contributed by atoms with Crippen LogP contribution in [0.25, 0.3) is 0 Å². The van der Waals surface area contributed by atoms with E-state index in [-0.39, 0.29) is 5.91 Å². The van der Waals surface area contributed by atoms with Crippen LogP contribution < -0.4 is 9.88 Å². The third-order valence-corrected chi connectivity index (χ3v) is 1.45. The Morgan fingerprint density at radius 2 is 2.60 bits per heavy atom. The first-order chi connectivity index (χ1) is 4.88. The van der Waals surface area contributed by atoms with Crippen molar-refractivity contribution >= 4 is 11.7 Å². The van der Waals surface area contributed by atoms with E-state index in [1.54, 1.807) is 23.2 Å². The molecule has 1 aromatic rings. The highest BCUT2D eigenvalue weighted by Crippen LogP contribution is 1.99. The van der Waals surface area contributed by atoms with Crippen LogP contribution in [0.5, 0.6) is 0 Å². The normalized spacial score (nSPS) is 14.6. The summed E-state index contributed by atoms with van der Waals surface area (Å²) in [6.07, 6.45) is 4.87. The van der Waals surface area contributed by atoms with Crippen molar-refractivity contribution in [1.29, 1.82) is 0 Å². The number of fused-ring (bicyclic) bond motifs is 1. The number of nitrogens with one attached hydrogen (secondary N) is 1. The topological polar surface area (TPSA) is 45.9 Å². The van der Waals surface area contributed by atoms with Crippen LogP contribution in [0.1, 0.15) is 4.79 Å². The van der Waals surface area contributed by atoms with Crippen molar-refractivity contribution in [2.45, 2.75) is 0 Å². The number of rotatable bonds is 0. The van der Waals surface area contributed by atoms with Crippen molar-refractivity contribution in [3.63, 3.8) is 0 Å². The fourth-order valence-electron chi connectivity index (χ4n) is 0.961. The van der Waals surface area contributed by atoms with Crippen LogP contribution in [0.15, 0.2) is 18.6 Å². The molecule has 0 atom stereocenters. The van der Waals surface area contributed by atoms with Crippen molar-refractivity contribution < 1.29 is 9.36 Å². The summed E-state index contributed by atoms with van der Waals surface area (Å²) in [5.41, 5.74) is 0. The smallest absolute Gasteiger partial charge is 0.261 e. The van der Waals surface area contributed by atoms with Crippen molar-refractivity contribution in [3.8, 4) is 0 Å². The number of hydrogen-bond donors (Lipinski definition) is 1. The first-order valence-electron chi connectivity index (χ1n) is 3.01. The van der Waals surface area contributed by atoms with E-state index < -0.39 is 0 Å². The highest BCUT2D eigenvalue weighted by atomic mass is 16.2. The molecule has 0 saturated heterocycles. The van der Waals surface area contributed by atoms with E-state index in [2.05, 4.69) is 10.3 Å². The number of anilines is 1. The summed E-state index contributed by atoms with van der Waals surface area (Å²) in [4.78, 5) is 14.8. The predicted molar refractivity (Wildman–Crippen MR) is 33.5 cm³/mol. The third-order valence-electron chi connectivity index (χ3n) is 1.45. The Morgan fingerprint density at radius 1 is 1.70 bits per heavy atom. The van der Waals surface area contributed by atoms with Crippen LogP contribution >= 0.6 is 0 Å². The average molecular weight is 136 g/mol. The van der Waals surface area contributed by atoms with E-state index >= 15 is 0 Å². The summed E-state index contributed by atoms with van der Waals surface area (Å²) in [5, 5.41) is 2.90. The summed E-state index contributed by atoms with van der Waals surface area (Å²) in [6.45, 7) is 0.381. The second-order valence-corrected chi connectivity index (χ2v) is 2.08. The Labute approximate surface area is 57.5 Å². The molecule has 0 saturated carbocycles. The van der Waals surface area contributed by atoms with Gasteiger partial charge in [-0.15, -0.1) is 0 Å². The van der Waals surface area contributed by atoms with Crippen LogP contribution in [-0.2, 0) is 0 Å². The molecule has 0 amide bonds. The Balaban J connectivity index is 2.61. The van der Waals surface area contributed by atoms with Gasteiger partial charge in [-0.3, -0.25) is 10.3 Å². The summed E-state index contributed by atoms with van der Waals surface area (Å²) in [6, 6.07) is 0. The molecule has 0 radical (unpaired) electrons. The molecule has 0 aliphatic carbocycles. The van der Waals surface area contributed by atoms with Gasteiger partial charge in [0.1, 0.15) is 12.4 Å². The maximum absolute atomic E-state index is 10.9. The molecular weight excluding hydrogens is 130 g/mol. The maximum Gasteiger partial charge on any atom is 0.355 e. The summed E-state index contributed by atoms with van der Waals surface area (Å²) in [5.74, 6) is 0.838. The van der Waals surface area contributed by atoms with E-state index in [4.69, 9.17) is 0 Å². The van der Waals surface area contributed by atoms with Gasteiger partial charge < -0.3 is 0 Å². The Kier molecular flexibility index (Phi) is 0.943. The SMILES string of the molecule is O=C1CNc2cncc[n+]21. The quantitative estimate of drug-likeness (QED) is 0.486. The minimum absolute atomic E-state index is 0.0670. The molecule has 4 heteroatoms. The number of carbonyl (C=O) groups is 1. The first kappa shape index (κ1) is 5.34. The van der Waals surface area contributed by atoms with Gasteiger partial charge in [-0.1, -0.05) is 0 Å². The maximum atomic E-state index is 10.9. The summed E-state index contributed by atoms with van der Waals surface area (Å²) in [7, 11) is 0. The van der Waals surface area contributed by atoms with Crippen LogP contribution in [0.3, 0.4) is 0 Å². The fraction of sp³-hybridized carbons (Fsp3) is 0.167. The Morgan fingerprint density at radius 3 is 3.40 bits per heavy atom. The van der Waals surface area contributed by atoms with Gasteiger partial charge in [0, 0.05) is 0 Å². The lowest BCUT2D eigenvalue weighted by molar-refractivity contribution is -0.551. The van der Waals surface area contributed by atoms with Crippen LogP contribution in [-0.4, -0.2) is 17.4 Å². The molecule has 1 aliphatic rings. The summed E-state index contributed by atoms with van der Waals surface area (Å²) >= 11 is 0. The van der Waals surface area contributed by atoms with Crippen LogP contribution in [0.2, 0.25) is 0 Å². The van der Waals surface area contributed by atoms with E-state index in [0.29, 0.717) is 6.54 Å². The fourth-order valence-corrected chi connectivity index (χ4v) is 0.961. The molecule has 50 valence electrons. The first-order valence-corrected chi connectivity index (χ1v) is 3.01. The zero-order valence-electron chi connectivity index (χ0n) is 5.24. The average Bonchev–Trinajstić information content (AvgIpc) is 2.34. The molecule has 0 aromatic carbocycles. The number of carbonyl (C=O) groups excluding carboxylic acids is 1. The molecule has 0 unspecified atom stereocenters. The Bertz CT molecular complexity index is 284. The molecule has 1 aromatic heterocycles. The third kappa shape index (κ3) is 0.586. The van der Waals surface area contributed by atoms with E-state index in [1.165, 1.54) is 0 Å². The second kappa shape index (κ2) is 1.76. The molecule has 0 fully saturated rings. The Hall–Kier alpha value is -1.45. The van der Waals surface area contributed by atoms with E-state index in [0.717, 1.165) is 5.82 Å². The van der Waals surface area contributed by atoms with Gasteiger partial charge in [0.05, 0.1) is 6.20 Å².